The molecule has 0 saturated heterocycles. The Kier molecular flexibility index (Phi) is 14.1. The fourth-order valence-electron chi connectivity index (χ4n) is 0.479. The van der Waals surface area contributed by atoms with Crippen LogP contribution in [0, 0.1) is 0 Å². The van der Waals surface area contributed by atoms with Crippen LogP contribution < -0.4 is 5.32 Å². The van der Waals surface area contributed by atoms with Crippen LogP contribution in [-0.2, 0) is 0 Å². The molecule has 1 N–H and O–H groups in total. The van der Waals surface area contributed by atoms with E-state index in [4.69, 9.17) is 0 Å². The quantitative estimate of drug-likeness (QED) is 0.419. The van der Waals surface area contributed by atoms with E-state index >= 15 is 0 Å². The molecule has 0 rings (SSSR count). The minimum absolute atomic E-state index is 0. The lowest BCUT2D eigenvalue weighted by molar-refractivity contribution is 0.662. The zero-order chi connectivity index (χ0) is 5.54. The Bertz CT molecular complexity index is 27.7. The number of rotatable bonds is 4. The third kappa shape index (κ3) is 9.49. The first-order valence-corrected chi connectivity index (χ1v) is 3.12. The van der Waals surface area contributed by atoms with Crippen molar-refractivity contribution < 1.29 is 0 Å². The Morgan fingerprint density at radius 3 is 1.62 bits per heavy atom. The monoisotopic (exact) mass is 133 g/mol. The van der Waals surface area contributed by atoms with Crippen molar-refractivity contribution >= 4 is 11.0 Å². The standard InChI is InChI=1S/C6H15N.H4Si/c1-3-5-7-6-4-2;/h7H,3-6H2,1-2H3;1H4. The minimum atomic E-state index is 0. The van der Waals surface area contributed by atoms with Gasteiger partial charge in [0.2, 0.25) is 0 Å². The molecule has 0 heterocycles. The van der Waals surface area contributed by atoms with Gasteiger partial charge in [0.1, 0.15) is 0 Å². The first-order valence-electron chi connectivity index (χ1n) is 3.12. The van der Waals surface area contributed by atoms with Crippen LogP contribution in [0.5, 0.6) is 0 Å². The van der Waals surface area contributed by atoms with Gasteiger partial charge in [0.05, 0.1) is 0 Å². The van der Waals surface area contributed by atoms with Gasteiger partial charge < -0.3 is 5.32 Å². The molecule has 0 aromatic heterocycles. The average Bonchev–Trinajstić information content (AvgIpc) is 1.69. The normalized spacial score (nSPS) is 8.25. The van der Waals surface area contributed by atoms with Gasteiger partial charge in [-0.3, -0.25) is 0 Å². The Labute approximate surface area is 56.9 Å². The fourth-order valence-corrected chi connectivity index (χ4v) is 0.479. The van der Waals surface area contributed by atoms with Crippen molar-refractivity contribution in [3.8, 4) is 0 Å². The van der Waals surface area contributed by atoms with Crippen LogP contribution in [0.4, 0.5) is 0 Å². The highest BCUT2D eigenvalue weighted by Gasteiger charge is 1.76. The molecule has 0 atom stereocenters. The Balaban J connectivity index is 0. The number of nitrogens with one attached hydrogen (secondary N) is 1. The van der Waals surface area contributed by atoms with Gasteiger partial charge in [-0.15, -0.1) is 0 Å². The molecule has 52 valence electrons. The maximum absolute atomic E-state index is 3.28. The van der Waals surface area contributed by atoms with Gasteiger partial charge in [-0.2, -0.15) is 0 Å². The highest BCUT2D eigenvalue weighted by Crippen LogP contribution is 1.71. The van der Waals surface area contributed by atoms with E-state index in [0.717, 1.165) is 0 Å². The topological polar surface area (TPSA) is 12.0 Å². The molecular weight excluding hydrogens is 114 g/mol. The van der Waals surface area contributed by atoms with E-state index in [2.05, 4.69) is 19.2 Å². The molecule has 0 fully saturated rings. The van der Waals surface area contributed by atoms with Crippen molar-refractivity contribution in [2.45, 2.75) is 26.7 Å². The summed E-state index contributed by atoms with van der Waals surface area (Å²) in [5.74, 6) is 0. The van der Waals surface area contributed by atoms with Crippen LogP contribution in [0.1, 0.15) is 26.7 Å². The molecule has 0 radical (unpaired) electrons. The first-order chi connectivity index (χ1) is 3.41. The summed E-state index contributed by atoms with van der Waals surface area (Å²) < 4.78 is 0. The largest absolute Gasteiger partial charge is 0.317 e. The van der Waals surface area contributed by atoms with Crippen molar-refractivity contribution in [2.24, 2.45) is 0 Å². The Hall–Kier alpha value is 0.177. The molecule has 0 unspecified atom stereocenters. The average molecular weight is 133 g/mol. The van der Waals surface area contributed by atoms with Gasteiger partial charge in [0, 0.05) is 0 Å². The van der Waals surface area contributed by atoms with Gasteiger partial charge in [-0.05, 0) is 36.9 Å². The van der Waals surface area contributed by atoms with Crippen LogP contribution in [0.25, 0.3) is 0 Å². The lowest BCUT2D eigenvalue weighted by Gasteiger charge is -1.95. The van der Waals surface area contributed by atoms with Gasteiger partial charge >= 0.3 is 0 Å². The van der Waals surface area contributed by atoms with Gasteiger partial charge in [0.15, 0.2) is 0 Å². The van der Waals surface area contributed by atoms with Crippen LogP contribution in [-0.4, -0.2) is 24.1 Å². The van der Waals surface area contributed by atoms with Gasteiger partial charge in [-0.25, -0.2) is 0 Å². The van der Waals surface area contributed by atoms with Crippen LogP contribution in [0.2, 0.25) is 0 Å². The second-order valence-corrected chi connectivity index (χ2v) is 1.75. The summed E-state index contributed by atoms with van der Waals surface area (Å²) >= 11 is 0. The van der Waals surface area contributed by atoms with E-state index < -0.39 is 0 Å². The van der Waals surface area contributed by atoms with Crippen LogP contribution in [0.3, 0.4) is 0 Å². The lowest BCUT2D eigenvalue weighted by atomic mass is 10.4. The smallest absolute Gasteiger partial charge is 0.00516 e. The maximum Gasteiger partial charge on any atom is -0.00516 e. The third-order valence-corrected chi connectivity index (χ3v) is 0.854. The summed E-state index contributed by atoms with van der Waals surface area (Å²) in [5, 5.41) is 3.28. The molecular formula is C6H19NSi. The zero-order valence-corrected chi connectivity index (χ0v) is 5.33. The summed E-state index contributed by atoms with van der Waals surface area (Å²) in [7, 11) is 0. The van der Waals surface area contributed by atoms with E-state index in [1.165, 1.54) is 25.9 Å². The molecule has 0 aromatic rings. The first kappa shape index (κ1) is 11.0. The van der Waals surface area contributed by atoms with Crippen molar-refractivity contribution in [3.63, 3.8) is 0 Å². The van der Waals surface area contributed by atoms with Crippen molar-refractivity contribution in [1.29, 1.82) is 0 Å². The zero-order valence-electron chi connectivity index (χ0n) is 5.33. The molecule has 0 bridgehead atoms. The Morgan fingerprint density at radius 2 is 1.38 bits per heavy atom. The number of hydrogen-bond acceptors (Lipinski definition) is 1. The fraction of sp³-hybridized carbons (Fsp3) is 1.00. The highest BCUT2D eigenvalue weighted by atomic mass is 28.1. The number of hydrogen-bond donors (Lipinski definition) is 1. The predicted octanol–water partition coefficient (Wildman–Crippen LogP) is -0.0556. The van der Waals surface area contributed by atoms with Crippen molar-refractivity contribution in [3.05, 3.63) is 0 Å². The molecule has 2 heteroatoms. The summed E-state index contributed by atoms with van der Waals surface area (Å²) in [6, 6.07) is 0. The molecule has 1 nitrogen and oxygen atoms in total. The molecule has 8 heavy (non-hydrogen) atoms. The molecule has 0 aliphatic carbocycles. The highest BCUT2D eigenvalue weighted by molar-refractivity contribution is 5.75. The predicted molar refractivity (Wildman–Crippen MR) is 44.8 cm³/mol. The van der Waals surface area contributed by atoms with Crippen LogP contribution >= 0.6 is 0 Å². The van der Waals surface area contributed by atoms with E-state index in [1.54, 1.807) is 0 Å². The molecule has 0 aliphatic heterocycles. The molecule has 0 aromatic carbocycles. The summed E-state index contributed by atoms with van der Waals surface area (Å²) in [5.41, 5.74) is 0. The minimum Gasteiger partial charge on any atom is -0.317 e. The molecule has 0 aliphatic rings. The SMILES string of the molecule is CCCNCCC.[SiH4]. The van der Waals surface area contributed by atoms with Crippen molar-refractivity contribution in [1.82, 2.24) is 5.32 Å². The Morgan fingerprint density at radius 1 is 1.00 bits per heavy atom. The second kappa shape index (κ2) is 10.2. The summed E-state index contributed by atoms with van der Waals surface area (Å²) in [6.45, 7) is 6.72. The lowest BCUT2D eigenvalue weighted by Crippen LogP contribution is -2.14. The molecule has 0 amide bonds. The molecule has 0 spiro atoms. The van der Waals surface area contributed by atoms with Gasteiger partial charge in [-0.1, -0.05) is 13.8 Å². The second-order valence-electron chi connectivity index (χ2n) is 1.75. The summed E-state index contributed by atoms with van der Waals surface area (Å²) in [4.78, 5) is 0. The van der Waals surface area contributed by atoms with E-state index in [9.17, 15) is 0 Å². The van der Waals surface area contributed by atoms with E-state index in [1.807, 2.05) is 0 Å². The van der Waals surface area contributed by atoms with Gasteiger partial charge in [0.25, 0.3) is 0 Å². The van der Waals surface area contributed by atoms with Crippen LogP contribution in [0.15, 0.2) is 0 Å². The maximum atomic E-state index is 3.28. The third-order valence-electron chi connectivity index (χ3n) is 0.854. The van der Waals surface area contributed by atoms with E-state index in [0.29, 0.717) is 0 Å². The summed E-state index contributed by atoms with van der Waals surface area (Å²) in [6.07, 6.45) is 2.50. The van der Waals surface area contributed by atoms with E-state index in [-0.39, 0.29) is 11.0 Å². The molecule has 0 saturated carbocycles. The van der Waals surface area contributed by atoms with Crippen molar-refractivity contribution in [2.75, 3.05) is 13.1 Å².